The molecule has 2 aromatic heterocycles. The number of ether oxygens (including phenoxy) is 2. The SMILES string of the molecule is CCOC(=O)N1CCN(C(=O)c2cnn3c(C(F)F)cc(-c4ccc(OC)cc4)nc23)CC1. The number of rotatable bonds is 5. The highest BCUT2D eigenvalue weighted by Gasteiger charge is 2.29. The molecule has 0 N–H and O–H groups in total. The summed E-state index contributed by atoms with van der Waals surface area (Å²) in [6, 6.07) is 8.08. The molecule has 1 saturated heterocycles. The van der Waals surface area contributed by atoms with Gasteiger partial charge in [0.25, 0.3) is 12.3 Å². The molecule has 1 aliphatic heterocycles. The number of hydrogen-bond acceptors (Lipinski definition) is 6. The molecule has 0 atom stereocenters. The summed E-state index contributed by atoms with van der Waals surface area (Å²) in [5.74, 6) is 0.240. The Balaban J connectivity index is 1.65. The van der Waals surface area contributed by atoms with Gasteiger partial charge >= 0.3 is 6.09 Å². The highest BCUT2D eigenvalue weighted by Crippen LogP contribution is 2.28. The van der Waals surface area contributed by atoms with E-state index in [1.54, 1.807) is 36.1 Å². The van der Waals surface area contributed by atoms with Crippen molar-refractivity contribution in [1.29, 1.82) is 0 Å². The number of methoxy groups -OCH3 is 1. The van der Waals surface area contributed by atoms with Gasteiger partial charge in [0.15, 0.2) is 5.65 Å². The first-order valence-electron chi connectivity index (χ1n) is 10.4. The van der Waals surface area contributed by atoms with Crippen molar-refractivity contribution in [2.24, 2.45) is 0 Å². The van der Waals surface area contributed by atoms with Gasteiger partial charge in [0, 0.05) is 31.7 Å². The minimum Gasteiger partial charge on any atom is -0.497 e. The van der Waals surface area contributed by atoms with Gasteiger partial charge in [0.05, 0.1) is 25.6 Å². The molecular formula is C22H23F2N5O4. The summed E-state index contributed by atoms with van der Waals surface area (Å²) < 4.78 is 38.7. The van der Waals surface area contributed by atoms with E-state index in [1.165, 1.54) is 24.3 Å². The Morgan fingerprint density at radius 1 is 1.09 bits per heavy atom. The highest BCUT2D eigenvalue weighted by molar-refractivity contribution is 6.00. The molecule has 0 radical (unpaired) electrons. The average molecular weight is 459 g/mol. The van der Waals surface area contributed by atoms with Crippen LogP contribution in [0.5, 0.6) is 5.75 Å². The van der Waals surface area contributed by atoms with Crippen LogP contribution in [0.1, 0.15) is 29.4 Å². The van der Waals surface area contributed by atoms with Crippen molar-refractivity contribution in [3.63, 3.8) is 0 Å². The maximum atomic E-state index is 13.8. The number of carbonyl (C=O) groups excluding carboxylic acids is 2. The lowest BCUT2D eigenvalue weighted by Crippen LogP contribution is -2.50. The van der Waals surface area contributed by atoms with E-state index >= 15 is 0 Å². The minimum atomic E-state index is -2.82. The summed E-state index contributed by atoms with van der Waals surface area (Å²) in [4.78, 5) is 32.6. The lowest BCUT2D eigenvalue weighted by atomic mass is 10.1. The van der Waals surface area contributed by atoms with Crippen molar-refractivity contribution in [3.8, 4) is 17.0 Å². The molecule has 4 rings (SSSR count). The third-order valence-electron chi connectivity index (χ3n) is 5.43. The van der Waals surface area contributed by atoms with E-state index in [0.29, 0.717) is 30.1 Å². The van der Waals surface area contributed by atoms with Crippen LogP contribution in [0.4, 0.5) is 13.6 Å². The number of halogens is 2. The number of amides is 2. The van der Waals surface area contributed by atoms with Crippen LogP contribution >= 0.6 is 0 Å². The number of nitrogens with zero attached hydrogens (tertiary/aromatic N) is 5. The molecule has 1 fully saturated rings. The molecule has 9 nitrogen and oxygen atoms in total. The van der Waals surface area contributed by atoms with Gasteiger partial charge in [-0.05, 0) is 37.3 Å². The van der Waals surface area contributed by atoms with Gasteiger partial charge in [-0.2, -0.15) is 5.10 Å². The predicted molar refractivity (Wildman–Crippen MR) is 114 cm³/mol. The molecule has 0 aliphatic carbocycles. The Kier molecular flexibility index (Phi) is 6.38. The molecule has 174 valence electrons. The smallest absolute Gasteiger partial charge is 0.409 e. The Bertz CT molecular complexity index is 1160. The number of piperazine rings is 1. The lowest BCUT2D eigenvalue weighted by Gasteiger charge is -2.33. The summed E-state index contributed by atoms with van der Waals surface area (Å²) in [6.45, 7) is 3.20. The van der Waals surface area contributed by atoms with Crippen molar-refractivity contribution >= 4 is 17.6 Å². The Labute approximate surface area is 188 Å². The summed E-state index contributed by atoms with van der Waals surface area (Å²) in [5, 5.41) is 4.01. The van der Waals surface area contributed by atoms with Crippen LogP contribution in [0, 0.1) is 0 Å². The van der Waals surface area contributed by atoms with E-state index in [0.717, 1.165) is 4.52 Å². The molecule has 0 bridgehead atoms. The van der Waals surface area contributed by atoms with E-state index < -0.39 is 12.5 Å². The topological polar surface area (TPSA) is 89.3 Å². The van der Waals surface area contributed by atoms with E-state index in [1.807, 2.05) is 0 Å². The molecule has 1 aromatic carbocycles. The molecule has 0 spiro atoms. The first kappa shape index (κ1) is 22.4. The average Bonchev–Trinajstić information content (AvgIpc) is 3.27. The van der Waals surface area contributed by atoms with Crippen molar-refractivity contribution in [3.05, 3.63) is 47.8 Å². The van der Waals surface area contributed by atoms with Crippen molar-refractivity contribution in [1.82, 2.24) is 24.4 Å². The van der Waals surface area contributed by atoms with Crippen LogP contribution in [0.2, 0.25) is 0 Å². The summed E-state index contributed by atoms with van der Waals surface area (Å²) >= 11 is 0. The predicted octanol–water partition coefficient (Wildman–Crippen LogP) is 3.26. The number of fused-ring (bicyclic) bond motifs is 1. The van der Waals surface area contributed by atoms with E-state index in [-0.39, 0.29) is 42.5 Å². The number of aromatic nitrogens is 3. The zero-order valence-electron chi connectivity index (χ0n) is 18.2. The molecule has 3 aromatic rings. The fourth-order valence-corrected chi connectivity index (χ4v) is 3.68. The molecule has 33 heavy (non-hydrogen) atoms. The molecule has 0 saturated carbocycles. The molecule has 11 heteroatoms. The number of carbonyl (C=O) groups is 2. The molecule has 1 aliphatic rings. The second kappa shape index (κ2) is 9.39. The van der Waals surface area contributed by atoms with Gasteiger partial charge in [-0.1, -0.05) is 0 Å². The number of benzene rings is 1. The summed E-state index contributed by atoms with van der Waals surface area (Å²) in [7, 11) is 1.53. The van der Waals surface area contributed by atoms with Crippen LogP contribution in [0.15, 0.2) is 36.5 Å². The summed E-state index contributed by atoms with van der Waals surface area (Å²) in [6.07, 6.45) is -1.98. The van der Waals surface area contributed by atoms with Gasteiger partial charge < -0.3 is 19.3 Å². The zero-order chi connectivity index (χ0) is 23.5. The Morgan fingerprint density at radius 3 is 2.36 bits per heavy atom. The maximum Gasteiger partial charge on any atom is 0.409 e. The van der Waals surface area contributed by atoms with Gasteiger partial charge in [-0.3, -0.25) is 4.79 Å². The quantitative estimate of drug-likeness (QED) is 0.582. The van der Waals surface area contributed by atoms with E-state index in [2.05, 4.69) is 10.1 Å². The second-order valence-electron chi connectivity index (χ2n) is 7.37. The van der Waals surface area contributed by atoms with Gasteiger partial charge in [0.1, 0.15) is 17.0 Å². The second-order valence-corrected chi connectivity index (χ2v) is 7.37. The van der Waals surface area contributed by atoms with Crippen LogP contribution in [-0.2, 0) is 4.74 Å². The molecule has 2 amide bonds. The molecular weight excluding hydrogens is 436 g/mol. The largest absolute Gasteiger partial charge is 0.497 e. The lowest BCUT2D eigenvalue weighted by molar-refractivity contribution is 0.0571. The molecule has 3 heterocycles. The molecule has 0 unspecified atom stereocenters. The van der Waals surface area contributed by atoms with Crippen LogP contribution in [-0.4, -0.2) is 76.3 Å². The highest BCUT2D eigenvalue weighted by atomic mass is 19.3. The first-order valence-corrected chi connectivity index (χ1v) is 10.4. The standard InChI is InChI=1S/C22H23F2N5O4/c1-3-33-22(31)28-10-8-27(9-11-28)21(30)16-13-25-29-18(19(23)24)12-17(26-20(16)29)14-4-6-15(32-2)7-5-14/h4-7,12-13,19H,3,8-11H2,1-2H3. The number of hydrogen-bond donors (Lipinski definition) is 0. The van der Waals surface area contributed by atoms with E-state index in [4.69, 9.17) is 9.47 Å². The van der Waals surface area contributed by atoms with Crippen molar-refractivity contribution in [2.45, 2.75) is 13.3 Å². The fraction of sp³-hybridized carbons (Fsp3) is 0.364. The van der Waals surface area contributed by atoms with Crippen LogP contribution in [0.3, 0.4) is 0 Å². The third-order valence-corrected chi connectivity index (χ3v) is 5.43. The Hall–Kier alpha value is -3.76. The monoisotopic (exact) mass is 459 g/mol. The summed E-state index contributed by atoms with van der Waals surface area (Å²) in [5.41, 5.74) is 0.704. The normalized spacial score (nSPS) is 14.1. The first-order chi connectivity index (χ1) is 15.9. The zero-order valence-corrected chi connectivity index (χ0v) is 18.2. The van der Waals surface area contributed by atoms with Gasteiger partial charge in [0.2, 0.25) is 0 Å². The third kappa shape index (κ3) is 4.43. The van der Waals surface area contributed by atoms with Crippen LogP contribution in [0.25, 0.3) is 16.9 Å². The van der Waals surface area contributed by atoms with Gasteiger partial charge in [-0.15, -0.1) is 0 Å². The van der Waals surface area contributed by atoms with E-state index in [9.17, 15) is 18.4 Å². The fourth-order valence-electron chi connectivity index (χ4n) is 3.68. The van der Waals surface area contributed by atoms with Crippen molar-refractivity contribution < 1.29 is 27.8 Å². The van der Waals surface area contributed by atoms with Crippen molar-refractivity contribution in [2.75, 3.05) is 39.9 Å². The maximum absolute atomic E-state index is 13.8. The Morgan fingerprint density at radius 2 is 1.76 bits per heavy atom. The minimum absolute atomic E-state index is 0.0523. The van der Waals surface area contributed by atoms with Crippen LogP contribution < -0.4 is 4.74 Å². The van der Waals surface area contributed by atoms with Gasteiger partial charge in [-0.25, -0.2) is 23.1 Å². The number of alkyl halides is 2.